The van der Waals surface area contributed by atoms with E-state index in [2.05, 4.69) is 22.3 Å². The summed E-state index contributed by atoms with van der Waals surface area (Å²) in [5.41, 5.74) is 2.85. The SMILES string of the molecule is C=CC(=O)Nc1ccc(C(=O)Nc2cnn(C3CCCC3)c2C)cc1. The molecule has 0 saturated heterocycles. The number of aromatic nitrogens is 2. The Morgan fingerprint density at radius 1 is 1.20 bits per heavy atom. The Hall–Kier alpha value is -2.89. The van der Waals surface area contributed by atoms with Gasteiger partial charge >= 0.3 is 0 Å². The molecule has 130 valence electrons. The van der Waals surface area contributed by atoms with Crippen LogP contribution in [0.25, 0.3) is 0 Å². The zero-order valence-corrected chi connectivity index (χ0v) is 14.3. The highest BCUT2D eigenvalue weighted by molar-refractivity contribution is 6.05. The fourth-order valence-electron chi connectivity index (χ4n) is 3.16. The number of nitrogens with zero attached hydrogens (tertiary/aromatic N) is 2. The number of nitrogens with one attached hydrogen (secondary N) is 2. The molecule has 6 heteroatoms. The van der Waals surface area contributed by atoms with Crippen LogP contribution >= 0.6 is 0 Å². The quantitative estimate of drug-likeness (QED) is 0.817. The van der Waals surface area contributed by atoms with E-state index in [0.717, 1.165) is 24.2 Å². The van der Waals surface area contributed by atoms with Gasteiger partial charge in [-0.25, -0.2) is 0 Å². The van der Waals surface area contributed by atoms with Crippen LogP contribution in [0, 0.1) is 6.92 Å². The third-order valence-electron chi connectivity index (χ3n) is 4.56. The molecule has 2 amide bonds. The van der Waals surface area contributed by atoms with Crippen LogP contribution in [0.1, 0.15) is 47.8 Å². The van der Waals surface area contributed by atoms with Crippen LogP contribution in [0.5, 0.6) is 0 Å². The molecule has 0 bridgehead atoms. The lowest BCUT2D eigenvalue weighted by atomic mass is 10.2. The van der Waals surface area contributed by atoms with E-state index < -0.39 is 0 Å². The molecule has 1 aromatic carbocycles. The number of carbonyl (C=O) groups is 2. The highest BCUT2D eigenvalue weighted by Gasteiger charge is 2.21. The van der Waals surface area contributed by atoms with Crippen molar-refractivity contribution in [3.63, 3.8) is 0 Å². The van der Waals surface area contributed by atoms with Crippen molar-refractivity contribution in [3.05, 3.63) is 54.4 Å². The monoisotopic (exact) mass is 338 g/mol. The van der Waals surface area contributed by atoms with E-state index in [0.29, 0.717) is 17.3 Å². The van der Waals surface area contributed by atoms with Crippen LogP contribution < -0.4 is 10.6 Å². The lowest BCUT2D eigenvalue weighted by Crippen LogP contribution is -2.14. The summed E-state index contributed by atoms with van der Waals surface area (Å²) >= 11 is 0. The second-order valence-electron chi connectivity index (χ2n) is 6.25. The first-order valence-electron chi connectivity index (χ1n) is 8.47. The minimum absolute atomic E-state index is 0.198. The number of rotatable bonds is 5. The largest absolute Gasteiger partial charge is 0.323 e. The van der Waals surface area contributed by atoms with Gasteiger partial charge in [-0.15, -0.1) is 0 Å². The molecule has 1 aromatic heterocycles. The lowest BCUT2D eigenvalue weighted by molar-refractivity contribution is -0.111. The van der Waals surface area contributed by atoms with Crippen molar-refractivity contribution in [3.8, 4) is 0 Å². The zero-order chi connectivity index (χ0) is 17.8. The molecule has 0 aliphatic heterocycles. The summed E-state index contributed by atoms with van der Waals surface area (Å²) in [4.78, 5) is 23.7. The number of anilines is 2. The maximum absolute atomic E-state index is 12.4. The van der Waals surface area contributed by atoms with Gasteiger partial charge in [0.15, 0.2) is 0 Å². The summed E-state index contributed by atoms with van der Waals surface area (Å²) in [6, 6.07) is 7.16. The summed E-state index contributed by atoms with van der Waals surface area (Å²) < 4.78 is 2.02. The van der Waals surface area contributed by atoms with Gasteiger partial charge in [0.05, 0.1) is 23.6 Å². The van der Waals surface area contributed by atoms with Crippen molar-refractivity contribution in [2.24, 2.45) is 0 Å². The van der Waals surface area contributed by atoms with Gasteiger partial charge in [0.1, 0.15) is 0 Å². The summed E-state index contributed by atoms with van der Waals surface area (Å²) in [6.45, 7) is 5.39. The van der Waals surface area contributed by atoms with E-state index in [1.165, 1.54) is 18.9 Å². The number of hydrogen-bond donors (Lipinski definition) is 2. The predicted octanol–water partition coefficient (Wildman–Crippen LogP) is 3.68. The normalized spacial score (nSPS) is 14.3. The van der Waals surface area contributed by atoms with Crippen LogP contribution in [0.2, 0.25) is 0 Å². The van der Waals surface area contributed by atoms with Crippen LogP contribution in [-0.2, 0) is 4.79 Å². The molecule has 0 unspecified atom stereocenters. The standard InChI is InChI=1S/C19H22N4O2/c1-3-18(24)21-15-10-8-14(9-11-15)19(25)22-17-12-20-23(13(17)2)16-6-4-5-7-16/h3,8-12,16H,1,4-7H2,2H3,(H,21,24)(H,22,25). The fourth-order valence-corrected chi connectivity index (χ4v) is 3.16. The Morgan fingerprint density at radius 3 is 2.52 bits per heavy atom. The average Bonchev–Trinajstić information content (AvgIpc) is 3.26. The number of carbonyl (C=O) groups excluding carboxylic acids is 2. The molecule has 0 radical (unpaired) electrons. The molecule has 2 N–H and O–H groups in total. The molecule has 1 aliphatic carbocycles. The van der Waals surface area contributed by atoms with E-state index in [-0.39, 0.29) is 11.8 Å². The van der Waals surface area contributed by atoms with Gasteiger partial charge < -0.3 is 10.6 Å². The highest BCUT2D eigenvalue weighted by atomic mass is 16.2. The van der Waals surface area contributed by atoms with Crippen LogP contribution in [0.4, 0.5) is 11.4 Å². The van der Waals surface area contributed by atoms with E-state index in [9.17, 15) is 9.59 Å². The minimum Gasteiger partial charge on any atom is -0.323 e. The van der Waals surface area contributed by atoms with Gasteiger partial charge in [-0.3, -0.25) is 14.3 Å². The second-order valence-corrected chi connectivity index (χ2v) is 6.25. The van der Waals surface area contributed by atoms with E-state index in [1.807, 2.05) is 11.6 Å². The molecule has 3 rings (SSSR count). The van der Waals surface area contributed by atoms with Gasteiger partial charge in [0.25, 0.3) is 5.91 Å². The Labute approximate surface area is 146 Å². The second kappa shape index (κ2) is 7.34. The summed E-state index contributed by atoms with van der Waals surface area (Å²) in [5, 5.41) is 10.0. The lowest BCUT2D eigenvalue weighted by Gasteiger charge is -2.13. The van der Waals surface area contributed by atoms with Gasteiger partial charge in [0.2, 0.25) is 5.91 Å². The smallest absolute Gasteiger partial charge is 0.255 e. The minimum atomic E-state index is -0.285. The summed E-state index contributed by atoms with van der Waals surface area (Å²) in [6.07, 6.45) is 7.68. The molecule has 2 aromatic rings. The third-order valence-corrected chi connectivity index (χ3v) is 4.56. The Balaban J connectivity index is 1.68. The van der Waals surface area contributed by atoms with E-state index >= 15 is 0 Å². The number of benzene rings is 1. The summed E-state index contributed by atoms with van der Waals surface area (Å²) in [5.74, 6) is -0.483. The molecule has 6 nitrogen and oxygen atoms in total. The van der Waals surface area contributed by atoms with E-state index in [1.54, 1.807) is 30.5 Å². The number of amides is 2. The van der Waals surface area contributed by atoms with Crippen LogP contribution in [-0.4, -0.2) is 21.6 Å². The molecule has 25 heavy (non-hydrogen) atoms. The Kier molecular flexibility index (Phi) is 4.97. The Bertz CT molecular complexity index is 786. The first kappa shape index (κ1) is 17.0. The van der Waals surface area contributed by atoms with Crippen molar-refractivity contribution in [2.45, 2.75) is 38.6 Å². The maximum Gasteiger partial charge on any atom is 0.255 e. The van der Waals surface area contributed by atoms with Gasteiger partial charge in [0, 0.05) is 11.3 Å². The Morgan fingerprint density at radius 2 is 1.88 bits per heavy atom. The van der Waals surface area contributed by atoms with Crippen molar-refractivity contribution in [2.75, 3.05) is 10.6 Å². The maximum atomic E-state index is 12.4. The topological polar surface area (TPSA) is 76.0 Å². The molecule has 1 saturated carbocycles. The highest BCUT2D eigenvalue weighted by Crippen LogP contribution is 2.31. The summed E-state index contributed by atoms with van der Waals surface area (Å²) in [7, 11) is 0. The van der Waals surface area contributed by atoms with Gasteiger partial charge in [-0.05, 0) is 50.1 Å². The van der Waals surface area contributed by atoms with Crippen molar-refractivity contribution < 1.29 is 9.59 Å². The fraction of sp³-hybridized carbons (Fsp3) is 0.316. The average molecular weight is 338 g/mol. The molecule has 1 fully saturated rings. The predicted molar refractivity (Wildman–Crippen MR) is 97.7 cm³/mol. The zero-order valence-electron chi connectivity index (χ0n) is 14.3. The molecule has 0 atom stereocenters. The first-order valence-corrected chi connectivity index (χ1v) is 8.47. The van der Waals surface area contributed by atoms with Crippen molar-refractivity contribution in [1.82, 2.24) is 9.78 Å². The van der Waals surface area contributed by atoms with Crippen molar-refractivity contribution >= 4 is 23.2 Å². The molecule has 1 aliphatic rings. The molecular weight excluding hydrogens is 316 g/mol. The molecule has 1 heterocycles. The third kappa shape index (κ3) is 3.79. The van der Waals surface area contributed by atoms with Crippen molar-refractivity contribution in [1.29, 1.82) is 0 Å². The van der Waals surface area contributed by atoms with E-state index in [4.69, 9.17) is 0 Å². The number of hydrogen-bond acceptors (Lipinski definition) is 3. The first-order chi connectivity index (χ1) is 12.1. The van der Waals surface area contributed by atoms with Gasteiger partial charge in [-0.2, -0.15) is 5.10 Å². The molecular formula is C19H22N4O2. The van der Waals surface area contributed by atoms with Crippen LogP contribution in [0.3, 0.4) is 0 Å². The van der Waals surface area contributed by atoms with Crippen LogP contribution in [0.15, 0.2) is 43.1 Å². The van der Waals surface area contributed by atoms with Gasteiger partial charge in [-0.1, -0.05) is 19.4 Å². The molecule has 0 spiro atoms.